The molecule has 0 aliphatic heterocycles. The summed E-state index contributed by atoms with van der Waals surface area (Å²) in [7, 11) is 0. The molecule has 1 atom stereocenters. The highest BCUT2D eigenvalue weighted by Crippen LogP contribution is 2.40. The number of hydrogen-bond acceptors (Lipinski definition) is 1. The van der Waals surface area contributed by atoms with Crippen LogP contribution in [0.5, 0.6) is 0 Å². The largest absolute Gasteiger partial charge is 0.398 e. The van der Waals surface area contributed by atoms with Crippen molar-refractivity contribution in [3.63, 3.8) is 0 Å². The lowest BCUT2D eigenvalue weighted by molar-refractivity contribution is 0.437. The predicted molar refractivity (Wildman–Crippen MR) is 141 cm³/mol. The van der Waals surface area contributed by atoms with E-state index in [4.69, 9.17) is 5.73 Å². The first-order chi connectivity index (χ1) is 16.1. The van der Waals surface area contributed by atoms with Crippen molar-refractivity contribution in [1.82, 2.24) is 4.57 Å². The topological polar surface area (TPSA) is 30.9 Å². The molecule has 1 aliphatic carbocycles. The van der Waals surface area contributed by atoms with E-state index in [1.165, 1.54) is 32.9 Å². The van der Waals surface area contributed by atoms with Crippen molar-refractivity contribution in [2.75, 3.05) is 5.73 Å². The van der Waals surface area contributed by atoms with Gasteiger partial charge in [0.25, 0.3) is 0 Å². The average molecular weight is 427 g/mol. The Kier molecular flexibility index (Phi) is 4.48. The number of rotatable bonds is 3. The molecule has 6 rings (SSSR count). The van der Waals surface area contributed by atoms with E-state index in [-0.39, 0.29) is 5.54 Å². The van der Waals surface area contributed by atoms with Gasteiger partial charge in [-0.1, -0.05) is 85.0 Å². The second-order valence-corrected chi connectivity index (χ2v) is 9.10. The molecule has 1 aliphatic rings. The minimum absolute atomic E-state index is 0.0840. The highest BCUT2D eigenvalue weighted by molar-refractivity contribution is 6.09. The molecule has 0 saturated carbocycles. The quantitative estimate of drug-likeness (QED) is 0.292. The number of hydrogen-bond donors (Lipinski definition) is 1. The molecule has 0 bridgehead atoms. The lowest BCUT2D eigenvalue weighted by atomic mass is 9.92. The van der Waals surface area contributed by atoms with Gasteiger partial charge in [-0.05, 0) is 60.4 Å². The third kappa shape index (κ3) is 3.18. The molecule has 0 spiro atoms. The van der Waals surface area contributed by atoms with E-state index in [0.29, 0.717) is 0 Å². The summed E-state index contributed by atoms with van der Waals surface area (Å²) in [6.07, 6.45) is 9.86. The Morgan fingerprint density at radius 3 is 2.24 bits per heavy atom. The number of aromatic nitrogens is 1. The van der Waals surface area contributed by atoms with Gasteiger partial charge in [0.15, 0.2) is 0 Å². The van der Waals surface area contributed by atoms with E-state index >= 15 is 0 Å². The molecule has 0 saturated heterocycles. The van der Waals surface area contributed by atoms with Crippen molar-refractivity contribution in [1.29, 1.82) is 0 Å². The average Bonchev–Trinajstić information content (AvgIpc) is 3.20. The Hall–Kier alpha value is -4.04. The highest BCUT2D eigenvalue weighted by atomic mass is 15.1. The minimum atomic E-state index is -0.0840. The standard InChI is InChI=1S/C31H26N2/c1-31(18-8-3-9-19-31)33-29-13-7-6-12-25(29)27-21-24(15-17-30(27)33)23-14-16-28(32)26(20-23)22-10-4-2-5-11-22/h2-18,20-21H,19,32H2,1H3. The van der Waals surface area contributed by atoms with Crippen LogP contribution in [0.1, 0.15) is 13.3 Å². The first-order valence-electron chi connectivity index (χ1n) is 11.5. The third-order valence-corrected chi connectivity index (χ3v) is 6.89. The predicted octanol–water partition coefficient (Wildman–Crippen LogP) is 7.94. The number of allylic oxidation sites excluding steroid dienone is 4. The minimum Gasteiger partial charge on any atom is -0.398 e. The molecule has 160 valence electrons. The van der Waals surface area contributed by atoms with Crippen molar-refractivity contribution in [2.24, 2.45) is 0 Å². The zero-order chi connectivity index (χ0) is 22.4. The second-order valence-electron chi connectivity index (χ2n) is 9.10. The van der Waals surface area contributed by atoms with E-state index in [2.05, 4.69) is 115 Å². The van der Waals surface area contributed by atoms with E-state index < -0.39 is 0 Å². The molecule has 0 amide bonds. The zero-order valence-electron chi connectivity index (χ0n) is 18.7. The number of anilines is 1. The van der Waals surface area contributed by atoms with Crippen LogP contribution in [0.25, 0.3) is 44.1 Å². The highest BCUT2D eigenvalue weighted by Gasteiger charge is 2.27. The molecule has 4 aromatic carbocycles. The first kappa shape index (κ1) is 19.6. The van der Waals surface area contributed by atoms with Gasteiger partial charge in [0.2, 0.25) is 0 Å². The lowest BCUT2D eigenvalue weighted by Crippen LogP contribution is -2.27. The lowest BCUT2D eigenvalue weighted by Gasteiger charge is -2.31. The Bertz CT molecular complexity index is 1550. The number of nitrogens with two attached hydrogens (primary N) is 1. The maximum Gasteiger partial charge on any atom is 0.0643 e. The van der Waals surface area contributed by atoms with Crippen LogP contribution in [0.3, 0.4) is 0 Å². The molecule has 2 N–H and O–H groups in total. The maximum atomic E-state index is 6.35. The summed E-state index contributed by atoms with van der Waals surface area (Å²) in [5.74, 6) is 0. The third-order valence-electron chi connectivity index (χ3n) is 6.89. The Morgan fingerprint density at radius 1 is 0.697 bits per heavy atom. The Labute approximate surface area is 194 Å². The SMILES string of the molecule is CC1(n2c3ccccc3c3cc(-c4ccc(N)c(-c5ccccc5)c4)ccc32)C=CC=CC1. The van der Waals surface area contributed by atoms with Crippen LogP contribution >= 0.6 is 0 Å². The van der Waals surface area contributed by atoms with Crippen molar-refractivity contribution < 1.29 is 0 Å². The van der Waals surface area contributed by atoms with Crippen molar-refractivity contribution in [3.8, 4) is 22.3 Å². The molecule has 2 heteroatoms. The van der Waals surface area contributed by atoms with E-state index in [9.17, 15) is 0 Å². The van der Waals surface area contributed by atoms with Crippen molar-refractivity contribution in [3.05, 3.63) is 115 Å². The van der Waals surface area contributed by atoms with Crippen LogP contribution in [-0.4, -0.2) is 4.57 Å². The monoisotopic (exact) mass is 426 g/mol. The fourth-order valence-electron chi connectivity index (χ4n) is 5.19. The van der Waals surface area contributed by atoms with E-state index in [1.54, 1.807) is 0 Å². The van der Waals surface area contributed by atoms with Crippen LogP contribution in [0.15, 0.2) is 115 Å². The smallest absolute Gasteiger partial charge is 0.0643 e. The van der Waals surface area contributed by atoms with E-state index in [1.807, 2.05) is 12.1 Å². The number of nitrogen functional groups attached to an aromatic ring is 1. The summed E-state index contributed by atoms with van der Waals surface area (Å²) in [5, 5.41) is 2.57. The number of nitrogens with zero attached hydrogens (tertiary/aromatic N) is 1. The number of fused-ring (bicyclic) bond motifs is 3. The van der Waals surface area contributed by atoms with Gasteiger partial charge < -0.3 is 10.3 Å². The molecule has 1 heterocycles. The maximum absolute atomic E-state index is 6.35. The van der Waals surface area contributed by atoms with Gasteiger partial charge in [0.1, 0.15) is 0 Å². The molecule has 0 radical (unpaired) electrons. The normalized spacial score (nSPS) is 17.7. The van der Waals surface area contributed by atoms with Crippen LogP contribution < -0.4 is 5.73 Å². The molecule has 2 nitrogen and oxygen atoms in total. The molecule has 0 fully saturated rings. The van der Waals surface area contributed by atoms with Crippen LogP contribution in [-0.2, 0) is 5.54 Å². The molecular formula is C31H26N2. The van der Waals surface area contributed by atoms with Gasteiger partial charge in [-0.3, -0.25) is 0 Å². The van der Waals surface area contributed by atoms with Crippen LogP contribution in [0, 0.1) is 0 Å². The Morgan fingerprint density at radius 2 is 1.42 bits per heavy atom. The molecule has 1 aromatic heterocycles. The van der Waals surface area contributed by atoms with Crippen LogP contribution in [0.2, 0.25) is 0 Å². The molecule has 33 heavy (non-hydrogen) atoms. The van der Waals surface area contributed by atoms with Gasteiger partial charge >= 0.3 is 0 Å². The van der Waals surface area contributed by atoms with Gasteiger partial charge in [0.05, 0.1) is 5.54 Å². The number of benzene rings is 4. The Balaban J connectivity index is 1.56. The summed E-state index contributed by atoms with van der Waals surface area (Å²) in [6, 6.07) is 32.3. The summed E-state index contributed by atoms with van der Waals surface area (Å²) in [5.41, 5.74) is 14.2. The van der Waals surface area contributed by atoms with Crippen molar-refractivity contribution >= 4 is 27.5 Å². The van der Waals surface area contributed by atoms with Crippen molar-refractivity contribution in [2.45, 2.75) is 18.9 Å². The summed E-state index contributed by atoms with van der Waals surface area (Å²) >= 11 is 0. The van der Waals surface area contributed by atoms with Gasteiger partial charge in [-0.25, -0.2) is 0 Å². The number of para-hydroxylation sites is 1. The second kappa shape index (κ2) is 7.53. The summed E-state index contributed by atoms with van der Waals surface area (Å²) in [4.78, 5) is 0. The zero-order valence-corrected chi connectivity index (χ0v) is 18.7. The van der Waals surface area contributed by atoms with Gasteiger partial charge in [-0.2, -0.15) is 0 Å². The molecule has 5 aromatic rings. The summed E-state index contributed by atoms with van der Waals surface area (Å²) in [6.45, 7) is 2.32. The molecular weight excluding hydrogens is 400 g/mol. The van der Waals surface area contributed by atoms with Gasteiger partial charge in [0, 0.05) is 33.1 Å². The van der Waals surface area contributed by atoms with E-state index in [0.717, 1.165) is 23.2 Å². The van der Waals surface area contributed by atoms with Gasteiger partial charge in [-0.15, -0.1) is 0 Å². The summed E-state index contributed by atoms with van der Waals surface area (Å²) < 4.78 is 2.50. The molecule has 1 unspecified atom stereocenters. The fraction of sp³-hybridized carbons (Fsp3) is 0.0968. The van der Waals surface area contributed by atoms with Crippen LogP contribution in [0.4, 0.5) is 5.69 Å². The fourth-order valence-corrected chi connectivity index (χ4v) is 5.19. The first-order valence-corrected chi connectivity index (χ1v) is 11.5.